The van der Waals surface area contributed by atoms with Gasteiger partial charge >= 0.3 is 0 Å². The van der Waals surface area contributed by atoms with Crippen molar-refractivity contribution < 1.29 is 4.79 Å². The van der Waals surface area contributed by atoms with Crippen molar-refractivity contribution >= 4 is 5.91 Å². The van der Waals surface area contributed by atoms with Crippen molar-refractivity contribution in [1.29, 1.82) is 0 Å². The Labute approximate surface area is 99.4 Å². The molecule has 0 aliphatic heterocycles. The maximum absolute atomic E-state index is 11.4. The van der Waals surface area contributed by atoms with Crippen molar-refractivity contribution in [3.63, 3.8) is 0 Å². The fourth-order valence-electron chi connectivity index (χ4n) is 2.56. The largest absolute Gasteiger partial charge is 0.356 e. The van der Waals surface area contributed by atoms with Gasteiger partial charge in [0.2, 0.25) is 5.91 Å². The predicted molar refractivity (Wildman–Crippen MR) is 67.3 cm³/mol. The van der Waals surface area contributed by atoms with Crippen molar-refractivity contribution in [2.75, 3.05) is 20.1 Å². The lowest BCUT2D eigenvalue weighted by molar-refractivity contribution is -0.121. The highest BCUT2D eigenvalue weighted by Crippen LogP contribution is 2.30. The molecule has 1 fully saturated rings. The van der Waals surface area contributed by atoms with Crippen molar-refractivity contribution in [3.8, 4) is 0 Å². The molecule has 1 aliphatic carbocycles. The van der Waals surface area contributed by atoms with Gasteiger partial charge in [-0.1, -0.05) is 26.2 Å². The minimum absolute atomic E-state index is 0.179. The number of amides is 1. The summed E-state index contributed by atoms with van der Waals surface area (Å²) in [5, 5.41) is 5.98. The molecule has 1 rings (SSSR count). The maximum Gasteiger partial charge on any atom is 0.221 e. The van der Waals surface area contributed by atoms with Crippen LogP contribution in [0.1, 0.15) is 45.4 Å². The quantitative estimate of drug-likeness (QED) is 0.726. The number of carbonyl (C=O) groups is 1. The summed E-state index contributed by atoms with van der Waals surface area (Å²) >= 11 is 0. The van der Waals surface area contributed by atoms with Gasteiger partial charge in [0, 0.05) is 19.5 Å². The second kappa shape index (κ2) is 7.66. The van der Waals surface area contributed by atoms with Gasteiger partial charge in [-0.25, -0.2) is 0 Å². The van der Waals surface area contributed by atoms with Crippen LogP contribution in [0.5, 0.6) is 0 Å². The second-order valence-electron chi connectivity index (χ2n) is 5.13. The number of carbonyl (C=O) groups excluding carboxylic acids is 1. The first-order valence-electron chi connectivity index (χ1n) is 6.63. The zero-order valence-electron chi connectivity index (χ0n) is 10.7. The monoisotopic (exact) mass is 226 g/mol. The van der Waals surface area contributed by atoms with Crippen molar-refractivity contribution in [2.45, 2.75) is 45.4 Å². The Morgan fingerprint density at radius 1 is 1.31 bits per heavy atom. The summed E-state index contributed by atoms with van der Waals surface area (Å²) in [6.45, 7) is 3.98. The number of rotatable bonds is 6. The molecule has 2 N–H and O–H groups in total. The van der Waals surface area contributed by atoms with E-state index in [9.17, 15) is 4.79 Å². The van der Waals surface area contributed by atoms with E-state index in [1.165, 1.54) is 25.7 Å². The minimum atomic E-state index is 0.179. The van der Waals surface area contributed by atoms with Crippen LogP contribution in [0.25, 0.3) is 0 Å². The Bertz CT molecular complexity index is 206. The van der Waals surface area contributed by atoms with Gasteiger partial charge in [0.25, 0.3) is 0 Å². The Balaban J connectivity index is 2.03. The summed E-state index contributed by atoms with van der Waals surface area (Å²) in [6.07, 6.45) is 7.24. The number of hydrogen-bond donors (Lipinski definition) is 2. The molecule has 0 heterocycles. The highest BCUT2D eigenvalue weighted by atomic mass is 16.1. The molecule has 0 saturated heterocycles. The van der Waals surface area contributed by atoms with Gasteiger partial charge in [-0.2, -0.15) is 0 Å². The Morgan fingerprint density at radius 2 is 2.12 bits per heavy atom. The van der Waals surface area contributed by atoms with Crippen molar-refractivity contribution in [2.24, 2.45) is 11.8 Å². The van der Waals surface area contributed by atoms with E-state index < -0.39 is 0 Å². The van der Waals surface area contributed by atoms with Crippen LogP contribution in [0.3, 0.4) is 0 Å². The predicted octanol–water partition coefficient (Wildman–Crippen LogP) is 1.93. The van der Waals surface area contributed by atoms with E-state index in [2.05, 4.69) is 17.6 Å². The van der Waals surface area contributed by atoms with Gasteiger partial charge in [0.05, 0.1) is 0 Å². The molecule has 1 aliphatic rings. The average molecular weight is 226 g/mol. The molecule has 1 saturated carbocycles. The van der Waals surface area contributed by atoms with E-state index in [1.54, 1.807) is 0 Å². The minimum Gasteiger partial charge on any atom is -0.356 e. The summed E-state index contributed by atoms with van der Waals surface area (Å²) in [7, 11) is 1.87. The molecule has 1 amide bonds. The van der Waals surface area contributed by atoms with E-state index >= 15 is 0 Å². The molecule has 0 aromatic rings. The highest BCUT2D eigenvalue weighted by molar-refractivity contribution is 5.75. The first kappa shape index (κ1) is 13.5. The Hall–Kier alpha value is -0.570. The SMILES string of the molecule is CNCCC(=O)NCCC1CCCC(C)C1. The molecule has 0 spiro atoms. The number of nitrogens with one attached hydrogen (secondary N) is 2. The molecule has 0 aromatic heterocycles. The molecule has 0 aromatic carbocycles. The lowest BCUT2D eigenvalue weighted by Crippen LogP contribution is -2.29. The van der Waals surface area contributed by atoms with Crippen LogP contribution in [-0.2, 0) is 4.79 Å². The molecular formula is C13H26N2O. The molecule has 0 bridgehead atoms. The Morgan fingerprint density at radius 3 is 2.81 bits per heavy atom. The molecule has 3 nitrogen and oxygen atoms in total. The van der Waals surface area contributed by atoms with Crippen molar-refractivity contribution in [1.82, 2.24) is 10.6 Å². The summed E-state index contributed by atoms with van der Waals surface area (Å²) in [4.78, 5) is 11.4. The number of hydrogen-bond acceptors (Lipinski definition) is 2. The lowest BCUT2D eigenvalue weighted by atomic mass is 9.81. The first-order valence-corrected chi connectivity index (χ1v) is 6.63. The fourth-order valence-corrected chi connectivity index (χ4v) is 2.56. The third kappa shape index (κ3) is 5.50. The van der Waals surface area contributed by atoms with Crippen LogP contribution in [0.2, 0.25) is 0 Å². The van der Waals surface area contributed by atoms with Crippen LogP contribution in [-0.4, -0.2) is 26.0 Å². The zero-order valence-corrected chi connectivity index (χ0v) is 10.7. The third-order valence-electron chi connectivity index (χ3n) is 3.52. The van der Waals surface area contributed by atoms with Gasteiger partial charge in [-0.15, -0.1) is 0 Å². The molecule has 16 heavy (non-hydrogen) atoms. The van der Waals surface area contributed by atoms with Crippen LogP contribution in [0.4, 0.5) is 0 Å². The van der Waals surface area contributed by atoms with E-state index in [4.69, 9.17) is 0 Å². The molecule has 3 heteroatoms. The third-order valence-corrected chi connectivity index (χ3v) is 3.52. The standard InChI is InChI=1S/C13H26N2O/c1-11-4-3-5-12(10-11)6-9-15-13(16)7-8-14-2/h11-12,14H,3-10H2,1-2H3,(H,15,16). The smallest absolute Gasteiger partial charge is 0.221 e. The van der Waals surface area contributed by atoms with Crippen LogP contribution < -0.4 is 10.6 Å². The van der Waals surface area contributed by atoms with Crippen LogP contribution in [0.15, 0.2) is 0 Å². The van der Waals surface area contributed by atoms with E-state index in [0.29, 0.717) is 6.42 Å². The van der Waals surface area contributed by atoms with E-state index in [0.717, 1.165) is 31.3 Å². The normalized spacial score (nSPS) is 25.4. The van der Waals surface area contributed by atoms with Crippen LogP contribution >= 0.6 is 0 Å². The topological polar surface area (TPSA) is 41.1 Å². The summed E-state index contributed by atoms with van der Waals surface area (Å²) in [5.74, 6) is 1.91. The zero-order chi connectivity index (χ0) is 11.8. The molecule has 2 atom stereocenters. The molecule has 2 unspecified atom stereocenters. The van der Waals surface area contributed by atoms with Gasteiger partial charge in [0.1, 0.15) is 0 Å². The second-order valence-corrected chi connectivity index (χ2v) is 5.13. The van der Waals surface area contributed by atoms with Gasteiger partial charge in [0.15, 0.2) is 0 Å². The van der Waals surface area contributed by atoms with E-state index in [1.807, 2.05) is 7.05 Å². The molecule has 94 valence electrons. The summed E-state index contributed by atoms with van der Waals surface area (Å²) < 4.78 is 0. The average Bonchev–Trinajstić information content (AvgIpc) is 2.26. The highest BCUT2D eigenvalue weighted by Gasteiger charge is 2.18. The molecule has 0 radical (unpaired) electrons. The summed E-state index contributed by atoms with van der Waals surface area (Å²) in [5.41, 5.74) is 0. The summed E-state index contributed by atoms with van der Waals surface area (Å²) in [6, 6.07) is 0. The van der Waals surface area contributed by atoms with Gasteiger partial charge < -0.3 is 10.6 Å². The fraction of sp³-hybridized carbons (Fsp3) is 0.923. The maximum atomic E-state index is 11.4. The molecular weight excluding hydrogens is 200 g/mol. The van der Waals surface area contributed by atoms with Crippen molar-refractivity contribution in [3.05, 3.63) is 0 Å². The van der Waals surface area contributed by atoms with Crippen LogP contribution in [0, 0.1) is 11.8 Å². The van der Waals surface area contributed by atoms with Gasteiger partial charge in [-0.05, 0) is 31.7 Å². The lowest BCUT2D eigenvalue weighted by Gasteiger charge is -2.26. The van der Waals surface area contributed by atoms with Gasteiger partial charge in [-0.3, -0.25) is 4.79 Å². The first-order chi connectivity index (χ1) is 7.72. The van der Waals surface area contributed by atoms with E-state index in [-0.39, 0.29) is 5.91 Å². The Kier molecular flexibility index (Phi) is 6.46.